The van der Waals surface area contributed by atoms with Crippen LogP contribution in [0.5, 0.6) is 0 Å². The molecule has 2 aliphatic carbocycles. The average Bonchev–Trinajstić information content (AvgIpc) is 3.24. The number of likely N-dealkylation sites (tertiary alicyclic amines) is 1. The Kier molecular flexibility index (Phi) is 12.0. The van der Waals surface area contributed by atoms with Crippen molar-refractivity contribution in [2.75, 3.05) is 35.2 Å². The minimum Gasteiger partial charge on any atom is -0.374 e. The van der Waals surface area contributed by atoms with Crippen LogP contribution in [0.2, 0.25) is 0 Å². The van der Waals surface area contributed by atoms with E-state index in [1.54, 1.807) is 23.1 Å². The van der Waals surface area contributed by atoms with Gasteiger partial charge in [-0.05, 0) is 119 Å². The lowest BCUT2D eigenvalue weighted by Gasteiger charge is -2.48. The fraction of sp³-hybridized carbons (Fsp3) is 0.545. The Morgan fingerprint density at radius 3 is 2.31 bits per heavy atom. The second-order valence-corrected chi connectivity index (χ2v) is 16.8. The van der Waals surface area contributed by atoms with Crippen LogP contribution in [0.4, 0.5) is 26.1 Å². The molecule has 3 saturated heterocycles. The van der Waals surface area contributed by atoms with Gasteiger partial charge in [-0.1, -0.05) is 37.5 Å². The molecule has 1 atom stereocenters. The van der Waals surface area contributed by atoms with E-state index in [1.807, 2.05) is 18.2 Å². The lowest BCUT2D eigenvalue weighted by molar-refractivity contribution is -0.138. The Balaban J connectivity index is 0.847. The molecule has 0 spiro atoms. The van der Waals surface area contributed by atoms with Gasteiger partial charge in [0.25, 0.3) is 0 Å². The van der Waals surface area contributed by atoms with Gasteiger partial charge in [0.15, 0.2) is 5.82 Å². The van der Waals surface area contributed by atoms with E-state index >= 15 is 8.78 Å². The quantitative estimate of drug-likeness (QED) is 0.167. The van der Waals surface area contributed by atoms with Gasteiger partial charge in [0, 0.05) is 48.4 Å². The molecule has 1 aromatic heterocycles. The molecule has 0 bridgehead atoms. The van der Waals surface area contributed by atoms with Gasteiger partial charge < -0.3 is 20.9 Å². The van der Waals surface area contributed by atoms with Gasteiger partial charge in [-0.25, -0.2) is 18.7 Å². The van der Waals surface area contributed by atoms with E-state index in [1.165, 1.54) is 12.3 Å². The second kappa shape index (κ2) is 17.5. The molecular formula is C44H54F2N8O4. The molecule has 12 nitrogen and oxygen atoms in total. The number of piperidine rings is 3. The molecule has 4 N–H and O–H groups in total. The van der Waals surface area contributed by atoms with Crippen molar-refractivity contribution in [2.24, 2.45) is 0 Å². The number of carbonyl (C=O) groups excluding carboxylic acids is 4. The fourth-order valence-corrected chi connectivity index (χ4v) is 9.85. The SMILES string of the molecule is O=C1CC[C@@H](Nc2ccc(C3CCN(C4(C(=O)NC5CCC(Nc6ncc(F)c(-c7cccc(N8CCCCC8=O)c7)n6)CC5)CCCCC4)CC3)c(F)c2)C(=O)N1. The summed E-state index contributed by atoms with van der Waals surface area (Å²) in [7, 11) is 0. The van der Waals surface area contributed by atoms with Crippen molar-refractivity contribution in [1.82, 2.24) is 25.5 Å². The molecule has 4 amide bonds. The summed E-state index contributed by atoms with van der Waals surface area (Å²) in [6, 6.07) is 11.9. The molecule has 3 aromatic rings. The third kappa shape index (κ3) is 8.72. The zero-order valence-corrected chi connectivity index (χ0v) is 33.0. The van der Waals surface area contributed by atoms with Crippen LogP contribution in [-0.2, 0) is 19.2 Å². The molecule has 58 heavy (non-hydrogen) atoms. The smallest absolute Gasteiger partial charge is 0.249 e. The Labute approximate surface area is 338 Å². The monoisotopic (exact) mass is 796 g/mol. The Morgan fingerprint density at radius 2 is 1.57 bits per heavy atom. The standard InChI is InChI=1S/C44H54F2N8O4/c45-35-26-32(48-37-16-17-38(55)51-41(37)57)14-15-34(35)28-18-23-53(24-19-28)44(20-3-1-4-21-44)42(58)49-30-10-12-31(13-11-30)50-43-47-27-36(46)40(52-43)29-7-6-8-33(25-29)54-22-5-2-9-39(54)56/h6-8,14-15,25-28,30-31,37,48H,1-5,9-13,16-24H2,(H,49,58)(H,47,50,52)(H,51,55,57)/t30?,31?,37-/m1/s1. The van der Waals surface area contributed by atoms with Gasteiger partial charge >= 0.3 is 0 Å². The number of aromatic nitrogens is 2. The normalized spacial score (nSPS) is 24.6. The van der Waals surface area contributed by atoms with E-state index in [4.69, 9.17) is 0 Å². The predicted molar refractivity (Wildman–Crippen MR) is 217 cm³/mol. The van der Waals surface area contributed by atoms with Crippen molar-refractivity contribution in [1.29, 1.82) is 0 Å². The maximum absolute atomic E-state index is 15.5. The highest BCUT2D eigenvalue weighted by atomic mass is 19.1. The molecule has 14 heteroatoms. The summed E-state index contributed by atoms with van der Waals surface area (Å²) in [5.74, 6) is -0.945. The van der Waals surface area contributed by atoms with E-state index in [9.17, 15) is 19.2 Å². The minimum atomic E-state index is -0.574. The number of halogens is 2. The van der Waals surface area contributed by atoms with Crippen LogP contribution >= 0.6 is 0 Å². The number of nitrogens with one attached hydrogen (secondary N) is 4. The molecule has 308 valence electrons. The Bertz CT molecular complexity index is 2010. The van der Waals surface area contributed by atoms with Crippen LogP contribution in [0.25, 0.3) is 11.3 Å². The number of imide groups is 1. The maximum Gasteiger partial charge on any atom is 0.249 e. The highest BCUT2D eigenvalue weighted by molar-refractivity contribution is 6.01. The van der Waals surface area contributed by atoms with Crippen molar-refractivity contribution in [2.45, 2.75) is 132 Å². The third-order valence-corrected chi connectivity index (χ3v) is 13.1. The molecule has 3 aliphatic heterocycles. The van der Waals surface area contributed by atoms with Crippen molar-refractivity contribution >= 4 is 41.0 Å². The van der Waals surface area contributed by atoms with Crippen LogP contribution in [-0.4, -0.2) is 81.8 Å². The van der Waals surface area contributed by atoms with Gasteiger partial charge in [0.05, 0.1) is 6.20 Å². The van der Waals surface area contributed by atoms with E-state index in [0.29, 0.717) is 55.2 Å². The summed E-state index contributed by atoms with van der Waals surface area (Å²) in [5.41, 5.74) is 2.13. The molecular weight excluding hydrogens is 743 g/mol. The average molecular weight is 797 g/mol. The summed E-state index contributed by atoms with van der Waals surface area (Å²) in [4.78, 5) is 63.5. The highest BCUT2D eigenvalue weighted by Crippen LogP contribution is 2.40. The molecule has 2 aromatic carbocycles. The number of benzene rings is 2. The fourth-order valence-electron chi connectivity index (χ4n) is 9.85. The summed E-state index contributed by atoms with van der Waals surface area (Å²) in [5, 5.41) is 12.3. The van der Waals surface area contributed by atoms with Crippen molar-refractivity contribution in [3.05, 3.63) is 65.9 Å². The zero-order valence-electron chi connectivity index (χ0n) is 33.0. The predicted octanol–water partition coefficient (Wildman–Crippen LogP) is 6.58. The molecule has 5 aliphatic rings. The summed E-state index contributed by atoms with van der Waals surface area (Å²) >= 11 is 0. The molecule has 5 fully saturated rings. The number of amides is 4. The van der Waals surface area contributed by atoms with Gasteiger partial charge in [0.1, 0.15) is 23.1 Å². The topological polar surface area (TPSA) is 149 Å². The number of hydrogen-bond donors (Lipinski definition) is 4. The molecule has 0 radical (unpaired) electrons. The molecule has 4 heterocycles. The van der Waals surface area contributed by atoms with Crippen LogP contribution in [0.15, 0.2) is 48.7 Å². The van der Waals surface area contributed by atoms with Crippen LogP contribution < -0.4 is 26.2 Å². The van der Waals surface area contributed by atoms with Crippen LogP contribution in [0, 0.1) is 11.6 Å². The summed E-state index contributed by atoms with van der Waals surface area (Å²) < 4.78 is 30.6. The first-order valence-corrected chi connectivity index (χ1v) is 21.3. The van der Waals surface area contributed by atoms with E-state index in [-0.39, 0.29) is 53.7 Å². The van der Waals surface area contributed by atoms with Gasteiger partial charge in [-0.3, -0.25) is 29.4 Å². The number of rotatable bonds is 10. The first-order chi connectivity index (χ1) is 28.1. The first-order valence-electron chi connectivity index (χ1n) is 21.3. The number of carbonyl (C=O) groups is 4. The summed E-state index contributed by atoms with van der Waals surface area (Å²) in [6.07, 6.45) is 13.6. The van der Waals surface area contributed by atoms with Crippen LogP contribution in [0.1, 0.15) is 114 Å². The van der Waals surface area contributed by atoms with Gasteiger partial charge in [0.2, 0.25) is 29.6 Å². The lowest BCUT2D eigenvalue weighted by atomic mass is 9.76. The minimum absolute atomic E-state index is 0.0314. The highest BCUT2D eigenvalue weighted by Gasteiger charge is 2.46. The van der Waals surface area contributed by atoms with Gasteiger partial charge in [-0.2, -0.15) is 0 Å². The van der Waals surface area contributed by atoms with E-state index in [2.05, 4.69) is 36.1 Å². The third-order valence-electron chi connectivity index (χ3n) is 13.1. The summed E-state index contributed by atoms with van der Waals surface area (Å²) in [6.45, 7) is 2.08. The lowest BCUT2D eigenvalue weighted by Crippen LogP contribution is -2.62. The van der Waals surface area contributed by atoms with Crippen molar-refractivity contribution in [3.8, 4) is 11.3 Å². The van der Waals surface area contributed by atoms with Crippen molar-refractivity contribution < 1.29 is 28.0 Å². The van der Waals surface area contributed by atoms with Crippen molar-refractivity contribution in [3.63, 3.8) is 0 Å². The number of nitrogens with zero attached hydrogens (tertiary/aromatic N) is 4. The second-order valence-electron chi connectivity index (χ2n) is 16.8. The van der Waals surface area contributed by atoms with Gasteiger partial charge in [-0.15, -0.1) is 0 Å². The Morgan fingerprint density at radius 1 is 0.793 bits per heavy atom. The Hall–Kier alpha value is -4.98. The zero-order chi connectivity index (χ0) is 40.2. The van der Waals surface area contributed by atoms with E-state index < -0.39 is 23.3 Å². The molecule has 8 rings (SSSR count). The van der Waals surface area contributed by atoms with E-state index in [0.717, 1.165) is 89.2 Å². The van der Waals surface area contributed by atoms with Crippen LogP contribution in [0.3, 0.4) is 0 Å². The largest absolute Gasteiger partial charge is 0.374 e. The number of anilines is 3. The molecule has 2 saturated carbocycles. The first kappa shape index (κ1) is 39.8. The maximum atomic E-state index is 15.5. The molecule has 0 unspecified atom stereocenters. The number of hydrogen-bond acceptors (Lipinski definition) is 9.